The van der Waals surface area contributed by atoms with E-state index in [-0.39, 0.29) is 18.6 Å². The molecule has 2 fully saturated rings. The van der Waals surface area contributed by atoms with Crippen molar-refractivity contribution in [2.45, 2.75) is 11.7 Å². The van der Waals surface area contributed by atoms with Crippen LogP contribution in [0.15, 0.2) is 42.5 Å². The molecule has 6 rings (SSSR count). The second kappa shape index (κ2) is 7.81. The topological polar surface area (TPSA) is 105 Å². The summed E-state index contributed by atoms with van der Waals surface area (Å²) in [4.78, 5) is 28.8. The molecular formula is C25H24N2O8. The molecule has 2 bridgehead atoms. The fraction of sp³-hybridized carbons (Fsp3) is 0.360. The first kappa shape index (κ1) is 21.6. The molecule has 4 heterocycles. The smallest absolute Gasteiger partial charge is 0.234 e. The third-order valence-corrected chi connectivity index (χ3v) is 7.00. The molecule has 0 saturated carbocycles. The maximum Gasteiger partial charge on any atom is 0.234 e. The number of amides is 2. The molecule has 1 spiro atoms. The maximum atomic E-state index is 13.6. The maximum absolute atomic E-state index is 13.6. The van der Waals surface area contributed by atoms with Gasteiger partial charge in [-0.3, -0.25) is 9.59 Å². The first-order valence-electron chi connectivity index (χ1n) is 11.2. The summed E-state index contributed by atoms with van der Waals surface area (Å²) in [6.07, 6.45) is 3.30. The Hall–Kier alpha value is -3.92. The Kier molecular flexibility index (Phi) is 4.82. The summed E-state index contributed by atoms with van der Waals surface area (Å²) in [5, 5.41) is 2.91. The normalized spacial score (nSPS) is 27.2. The minimum atomic E-state index is -0.852. The molecule has 1 N–H and O–H groups in total. The second-order valence-electron chi connectivity index (χ2n) is 8.77. The molecule has 4 atom stereocenters. The molecule has 4 aliphatic rings. The van der Waals surface area contributed by atoms with Crippen LogP contribution in [-0.2, 0) is 14.3 Å². The highest BCUT2D eigenvalue weighted by atomic mass is 16.7. The van der Waals surface area contributed by atoms with Gasteiger partial charge in [-0.15, -0.1) is 0 Å². The first-order valence-corrected chi connectivity index (χ1v) is 11.2. The van der Waals surface area contributed by atoms with E-state index < -0.39 is 23.5 Å². The largest absolute Gasteiger partial charge is 0.493 e. The summed E-state index contributed by atoms with van der Waals surface area (Å²) in [5.74, 6) is 0.643. The number of carbonyl (C=O) groups excluding carboxylic acids is 2. The lowest BCUT2D eigenvalue weighted by Crippen LogP contribution is -2.41. The number of fused-ring (bicyclic) bond motifs is 2. The van der Waals surface area contributed by atoms with Crippen LogP contribution >= 0.6 is 0 Å². The van der Waals surface area contributed by atoms with Crippen molar-refractivity contribution in [1.82, 2.24) is 0 Å². The average Bonchev–Trinajstić information content (AvgIpc) is 3.63. The molecule has 182 valence electrons. The Bertz CT molecular complexity index is 1240. The van der Waals surface area contributed by atoms with E-state index in [1.807, 2.05) is 18.2 Å². The Morgan fingerprint density at radius 2 is 1.80 bits per heavy atom. The lowest BCUT2D eigenvalue weighted by Gasteiger charge is -2.24. The van der Waals surface area contributed by atoms with E-state index >= 15 is 0 Å². The number of ether oxygens (including phenoxy) is 6. The van der Waals surface area contributed by atoms with E-state index in [2.05, 4.69) is 5.32 Å². The van der Waals surface area contributed by atoms with Crippen LogP contribution in [0.1, 0.15) is 0 Å². The molecule has 0 unspecified atom stereocenters. The van der Waals surface area contributed by atoms with Gasteiger partial charge in [-0.2, -0.15) is 0 Å². The Morgan fingerprint density at radius 1 is 1.06 bits per heavy atom. The summed E-state index contributed by atoms with van der Waals surface area (Å²) in [5.41, 5.74) is 0.283. The van der Waals surface area contributed by atoms with Crippen LogP contribution in [0.2, 0.25) is 0 Å². The Labute approximate surface area is 201 Å². The zero-order valence-corrected chi connectivity index (χ0v) is 19.4. The molecule has 10 nitrogen and oxygen atoms in total. The number of nitrogens with zero attached hydrogens (tertiary/aromatic N) is 1. The predicted octanol–water partition coefficient (Wildman–Crippen LogP) is 2.37. The van der Waals surface area contributed by atoms with Crippen molar-refractivity contribution >= 4 is 23.2 Å². The van der Waals surface area contributed by atoms with Crippen LogP contribution < -0.4 is 33.9 Å². The number of carbonyl (C=O) groups is 2. The number of hydrogen-bond donors (Lipinski definition) is 1. The van der Waals surface area contributed by atoms with E-state index in [4.69, 9.17) is 28.4 Å². The monoisotopic (exact) mass is 480 g/mol. The molecule has 2 amide bonds. The zero-order valence-electron chi connectivity index (χ0n) is 19.4. The molecule has 0 radical (unpaired) electrons. The van der Waals surface area contributed by atoms with Gasteiger partial charge in [0.1, 0.15) is 5.60 Å². The quantitative estimate of drug-likeness (QED) is 0.629. The molecule has 2 saturated heterocycles. The number of benzene rings is 2. The van der Waals surface area contributed by atoms with Gasteiger partial charge >= 0.3 is 0 Å². The average molecular weight is 480 g/mol. The minimum absolute atomic E-state index is 0.149. The highest BCUT2D eigenvalue weighted by Gasteiger charge is 2.67. The van der Waals surface area contributed by atoms with Crippen molar-refractivity contribution in [1.29, 1.82) is 0 Å². The summed E-state index contributed by atoms with van der Waals surface area (Å²) in [6, 6.07) is 8.66. The van der Waals surface area contributed by atoms with Crippen molar-refractivity contribution in [2.24, 2.45) is 11.8 Å². The molecule has 4 aliphatic heterocycles. The van der Waals surface area contributed by atoms with Gasteiger partial charge in [0.15, 0.2) is 23.0 Å². The molecule has 10 heteroatoms. The lowest BCUT2D eigenvalue weighted by molar-refractivity contribution is -0.128. The van der Waals surface area contributed by atoms with Crippen molar-refractivity contribution in [3.63, 3.8) is 0 Å². The third kappa shape index (κ3) is 3.13. The van der Waals surface area contributed by atoms with Crippen molar-refractivity contribution in [3.8, 4) is 28.7 Å². The first-order chi connectivity index (χ1) is 17.0. The van der Waals surface area contributed by atoms with Crippen LogP contribution in [-0.4, -0.2) is 58.2 Å². The highest BCUT2D eigenvalue weighted by molar-refractivity contribution is 6.05. The number of rotatable bonds is 6. The molecular weight excluding hydrogens is 456 g/mol. The van der Waals surface area contributed by atoms with Crippen LogP contribution in [0.4, 0.5) is 11.4 Å². The molecule has 2 aromatic rings. The van der Waals surface area contributed by atoms with Crippen molar-refractivity contribution in [2.75, 3.05) is 44.9 Å². The summed E-state index contributed by atoms with van der Waals surface area (Å²) in [7, 11) is 4.51. The van der Waals surface area contributed by atoms with E-state index in [1.54, 1.807) is 29.2 Å². The Morgan fingerprint density at radius 3 is 2.51 bits per heavy atom. The van der Waals surface area contributed by atoms with E-state index in [9.17, 15) is 9.59 Å². The van der Waals surface area contributed by atoms with Gasteiger partial charge in [-0.1, -0.05) is 12.2 Å². The van der Waals surface area contributed by atoms with Gasteiger partial charge in [0.2, 0.25) is 24.4 Å². The van der Waals surface area contributed by atoms with Crippen LogP contribution in [0.25, 0.3) is 0 Å². The molecule has 2 aromatic carbocycles. The standard InChI is InChI=1S/C25H24N2O8/c1-30-18-8-13(9-19(31-2)22(18)32-3)26-23(28)20-16-6-7-25(35-16)11-27(24(29)21(20)25)14-4-5-15-17(10-14)34-12-33-15/h4-10,16,20-21H,11-12H2,1-3H3,(H,26,28)/t16-,20+,21-,25+/m0/s1. The number of methoxy groups -OCH3 is 3. The van der Waals surface area contributed by atoms with Gasteiger partial charge < -0.3 is 38.6 Å². The number of anilines is 2. The van der Waals surface area contributed by atoms with Crippen molar-refractivity contribution in [3.05, 3.63) is 42.5 Å². The predicted molar refractivity (Wildman–Crippen MR) is 123 cm³/mol. The lowest BCUT2D eigenvalue weighted by atomic mass is 9.77. The van der Waals surface area contributed by atoms with Gasteiger partial charge in [-0.25, -0.2) is 0 Å². The van der Waals surface area contributed by atoms with Gasteiger partial charge in [-0.05, 0) is 12.1 Å². The van der Waals surface area contributed by atoms with Crippen molar-refractivity contribution < 1.29 is 38.0 Å². The van der Waals surface area contributed by atoms with Crippen LogP contribution in [0, 0.1) is 11.8 Å². The number of nitrogens with one attached hydrogen (secondary N) is 1. The molecule has 0 aliphatic carbocycles. The molecule has 35 heavy (non-hydrogen) atoms. The molecule has 0 aromatic heterocycles. The summed E-state index contributed by atoms with van der Waals surface area (Å²) >= 11 is 0. The summed E-state index contributed by atoms with van der Waals surface area (Å²) < 4.78 is 33.2. The van der Waals surface area contributed by atoms with E-state index in [1.165, 1.54) is 21.3 Å². The summed E-state index contributed by atoms with van der Waals surface area (Å²) in [6.45, 7) is 0.465. The SMILES string of the molecule is COc1cc(NC(=O)[C@@H]2[C@@H]3C=C[C@]4(CN(c5ccc6c(c5)OCO6)C(=O)[C@H]24)O3)cc(OC)c1OC. The van der Waals surface area contributed by atoms with Crippen LogP contribution in [0.3, 0.4) is 0 Å². The Balaban J connectivity index is 1.28. The highest BCUT2D eigenvalue weighted by Crippen LogP contribution is 2.53. The van der Waals surface area contributed by atoms with E-state index in [0.29, 0.717) is 46.7 Å². The fourth-order valence-electron chi connectivity index (χ4n) is 5.45. The number of hydrogen-bond acceptors (Lipinski definition) is 8. The van der Waals surface area contributed by atoms with Crippen LogP contribution in [0.5, 0.6) is 28.7 Å². The van der Waals surface area contributed by atoms with Gasteiger partial charge in [0.25, 0.3) is 0 Å². The van der Waals surface area contributed by atoms with E-state index in [0.717, 1.165) is 0 Å². The third-order valence-electron chi connectivity index (χ3n) is 7.00. The fourth-order valence-corrected chi connectivity index (χ4v) is 5.45. The second-order valence-corrected chi connectivity index (χ2v) is 8.77. The minimum Gasteiger partial charge on any atom is -0.493 e. The van der Waals surface area contributed by atoms with Gasteiger partial charge in [0, 0.05) is 29.6 Å². The van der Waals surface area contributed by atoms with Gasteiger partial charge in [0.05, 0.1) is 45.8 Å². The zero-order chi connectivity index (χ0) is 24.3.